The Labute approximate surface area is 155 Å². The molecule has 2 aromatic carbocycles. The minimum atomic E-state index is -0.575. The number of benzene rings is 2. The van der Waals surface area contributed by atoms with Gasteiger partial charge >= 0.3 is 0 Å². The van der Waals surface area contributed by atoms with Gasteiger partial charge in [0.05, 0.1) is 6.54 Å². The highest BCUT2D eigenvalue weighted by Crippen LogP contribution is 2.12. The second-order valence-electron chi connectivity index (χ2n) is 6.08. The maximum atomic E-state index is 13.3. The van der Waals surface area contributed by atoms with Gasteiger partial charge in [-0.15, -0.1) is 0 Å². The van der Waals surface area contributed by atoms with Gasteiger partial charge in [-0.2, -0.15) is 0 Å². The van der Waals surface area contributed by atoms with Gasteiger partial charge in [0, 0.05) is 17.4 Å². The summed E-state index contributed by atoms with van der Waals surface area (Å²) in [5.74, 6) is -1.09. The molecule has 0 saturated carbocycles. The smallest absolute Gasteiger partial charge is 0.263 e. The van der Waals surface area contributed by atoms with E-state index in [1.54, 1.807) is 48.7 Å². The third-order valence-electron chi connectivity index (χ3n) is 4.03. The second kappa shape index (κ2) is 7.78. The molecule has 0 aliphatic heterocycles. The van der Waals surface area contributed by atoms with Gasteiger partial charge in [0.1, 0.15) is 11.4 Å². The van der Waals surface area contributed by atoms with Crippen molar-refractivity contribution in [1.82, 2.24) is 4.57 Å². The molecule has 0 radical (unpaired) electrons. The normalized spacial score (nSPS) is 10.4. The molecule has 1 heterocycles. The first-order chi connectivity index (χ1) is 12.9. The van der Waals surface area contributed by atoms with Crippen LogP contribution in [0.1, 0.15) is 33.2 Å². The lowest BCUT2D eigenvalue weighted by Crippen LogP contribution is -2.29. The van der Waals surface area contributed by atoms with Gasteiger partial charge in [0.2, 0.25) is 0 Å². The fourth-order valence-corrected chi connectivity index (χ4v) is 2.68. The standard InChI is InChI=1S/C21H17FN2O3/c1-14(25)16-6-3-8-18(12-16)23-20(26)19-9-4-10-24(21(19)27)13-15-5-2-7-17(22)11-15/h2-12H,13H2,1H3,(H,23,26). The molecule has 1 aromatic heterocycles. The summed E-state index contributed by atoms with van der Waals surface area (Å²) >= 11 is 0. The van der Waals surface area contributed by atoms with Crippen molar-refractivity contribution in [3.63, 3.8) is 0 Å². The number of rotatable bonds is 5. The quantitative estimate of drug-likeness (QED) is 0.705. The van der Waals surface area contributed by atoms with Gasteiger partial charge in [0.25, 0.3) is 11.5 Å². The molecule has 0 spiro atoms. The Morgan fingerprint density at radius 1 is 1.04 bits per heavy atom. The zero-order chi connectivity index (χ0) is 19.4. The van der Waals surface area contributed by atoms with Crippen molar-refractivity contribution >= 4 is 17.4 Å². The Morgan fingerprint density at radius 3 is 2.56 bits per heavy atom. The maximum Gasteiger partial charge on any atom is 0.263 e. The monoisotopic (exact) mass is 364 g/mol. The topological polar surface area (TPSA) is 68.2 Å². The Bertz CT molecular complexity index is 1070. The SMILES string of the molecule is CC(=O)c1cccc(NC(=O)c2cccn(Cc3cccc(F)c3)c2=O)c1. The van der Waals surface area contributed by atoms with E-state index in [2.05, 4.69) is 5.32 Å². The van der Waals surface area contributed by atoms with Crippen LogP contribution in [0.3, 0.4) is 0 Å². The van der Waals surface area contributed by atoms with Crippen molar-refractivity contribution < 1.29 is 14.0 Å². The molecule has 0 unspecified atom stereocenters. The molecule has 1 N–H and O–H groups in total. The molecule has 0 saturated heterocycles. The first kappa shape index (κ1) is 18.3. The molecule has 6 heteroatoms. The molecule has 27 heavy (non-hydrogen) atoms. The molecule has 5 nitrogen and oxygen atoms in total. The van der Waals surface area contributed by atoms with Gasteiger partial charge in [-0.05, 0) is 48.9 Å². The van der Waals surface area contributed by atoms with Crippen molar-refractivity contribution in [1.29, 1.82) is 0 Å². The highest BCUT2D eigenvalue weighted by atomic mass is 19.1. The van der Waals surface area contributed by atoms with E-state index in [4.69, 9.17) is 0 Å². The van der Waals surface area contributed by atoms with Crippen molar-refractivity contribution in [2.75, 3.05) is 5.32 Å². The van der Waals surface area contributed by atoms with Crippen LogP contribution < -0.4 is 10.9 Å². The fourth-order valence-electron chi connectivity index (χ4n) is 2.68. The summed E-state index contributed by atoms with van der Waals surface area (Å²) in [5.41, 5.74) is 0.977. The van der Waals surface area contributed by atoms with Crippen molar-refractivity contribution in [2.45, 2.75) is 13.5 Å². The molecule has 3 aromatic rings. The average molecular weight is 364 g/mol. The molecule has 1 amide bonds. The summed E-state index contributed by atoms with van der Waals surface area (Å²) in [6.07, 6.45) is 1.54. The number of pyridine rings is 1. The molecule has 0 bridgehead atoms. The minimum absolute atomic E-state index is 0.0397. The number of carbonyl (C=O) groups is 2. The number of anilines is 1. The molecule has 0 fully saturated rings. The van der Waals surface area contributed by atoms with Crippen LogP contribution in [0.25, 0.3) is 0 Å². The molecule has 136 valence electrons. The van der Waals surface area contributed by atoms with Crippen LogP contribution >= 0.6 is 0 Å². The first-order valence-corrected chi connectivity index (χ1v) is 8.30. The molecular weight excluding hydrogens is 347 g/mol. The minimum Gasteiger partial charge on any atom is -0.322 e. The van der Waals surface area contributed by atoms with Gasteiger partial charge < -0.3 is 9.88 Å². The van der Waals surface area contributed by atoms with Crippen LogP contribution in [0.4, 0.5) is 10.1 Å². The van der Waals surface area contributed by atoms with E-state index >= 15 is 0 Å². The summed E-state index contributed by atoms with van der Waals surface area (Å²) in [6.45, 7) is 1.58. The number of carbonyl (C=O) groups excluding carboxylic acids is 2. The summed E-state index contributed by atoms with van der Waals surface area (Å²) < 4.78 is 14.7. The van der Waals surface area contributed by atoms with Crippen LogP contribution in [0.5, 0.6) is 0 Å². The van der Waals surface area contributed by atoms with E-state index in [-0.39, 0.29) is 23.7 Å². The molecule has 3 rings (SSSR count). The number of aromatic nitrogens is 1. The molecule has 0 atom stereocenters. The zero-order valence-electron chi connectivity index (χ0n) is 14.6. The lowest BCUT2D eigenvalue weighted by atomic mass is 10.1. The van der Waals surface area contributed by atoms with Gasteiger partial charge in [0.15, 0.2) is 5.78 Å². The summed E-state index contributed by atoms with van der Waals surface area (Å²) in [4.78, 5) is 36.6. The van der Waals surface area contributed by atoms with E-state index in [1.807, 2.05) is 0 Å². The number of nitrogens with one attached hydrogen (secondary N) is 1. The average Bonchev–Trinajstić information content (AvgIpc) is 2.63. The maximum absolute atomic E-state index is 13.3. The number of Topliss-reactive ketones (excluding diaryl/α,β-unsaturated/α-hetero) is 1. The predicted octanol–water partition coefficient (Wildman–Crippen LogP) is 3.49. The van der Waals surface area contributed by atoms with Crippen LogP contribution in [0.2, 0.25) is 0 Å². The number of ketones is 1. The first-order valence-electron chi connectivity index (χ1n) is 8.30. The third kappa shape index (κ3) is 4.36. The summed E-state index contributed by atoms with van der Waals surface area (Å²) in [6, 6.07) is 15.4. The van der Waals surface area contributed by atoms with E-state index in [9.17, 15) is 18.8 Å². The van der Waals surface area contributed by atoms with E-state index in [0.29, 0.717) is 16.8 Å². The number of hydrogen-bond donors (Lipinski definition) is 1. The zero-order valence-corrected chi connectivity index (χ0v) is 14.6. The van der Waals surface area contributed by atoms with Gasteiger partial charge in [-0.25, -0.2) is 4.39 Å². The van der Waals surface area contributed by atoms with Crippen LogP contribution in [0.15, 0.2) is 71.7 Å². The van der Waals surface area contributed by atoms with Crippen LogP contribution in [0, 0.1) is 5.82 Å². The third-order valence-corrected chi connectivity index (χ3v) is 4.03. The Balaban J connectivity index is 1.84. The highest BCUT2D eigenvalue weighted by molar-refractivity contribution is 6.04. The van der Waals surface area contributed by atoms with E-state index < -0.39 is 11.5 Å². The van der Waals surface area contributed by atoms with Crippen LogP contribution in [-0.2, 0) is 6.54 Å². The number of halogens is 1. The van der Waals surface area contributed by atoms with E-state index in [1.165, 1.54) is 29.7 Å². The molecular formula is C21H17FN2O3. The predicted molar refractivity (Wildman–Crippen MR) is 101 cm³/mol. The summed E-state index contributed by atoms with van der Waals surface area (Å²) in [7, 11) is 0. The van der Waals surface area contributed by atoms with Crippen molar-refractivity contribution in [3.05, 3.63) is 99.7 Å². The van der Waals surface area contributed by atoms with E-state index in [0.717, 1.165) is 0 Å². The highest BCUT2D eigenvalue weighted by Gasteiger charge is 2.13. The van der Waals surface area contributed by atoms with Crippen molar-refractivity contribution in [3.8, 4) is 0 Å². The van der Waals surface area contributed by atoms with Crippen molar-refractivity contribution in [2.24, 2.45) is 0 Å². The molecule has 0 aliphatic carbocycles. The Morgan fingerprint density at radius 2 is 1.81 bits per heavy atom. The lowest BCUT2D eigenvalue weighted by molar-refractivity contribution is 0.101. The number of nitrogens with zero attached hydrogens (tertiary/aromatic N) is 1. The van der Waals surface area contributed by atoms with Crippen LogP contribution in [-0.4, -0.2) is 16.3 Å². The summed E-state index contributed by atoms with van der Waals surface area (Å²) in [5, 5.41) is 2.63. The lowest BCUT2D eigenvalue weighted by Gasteiger charge is -2.09. The second-order valence-corrected chi connectivity index (χ2v) is 6.08. The molecule has 0 aliphatic rings. The fraction of sp³-hybridized carbons (Fsp3) is 0.0952. The van der Waals surface area contributed by atoms with Gasteiger partial charge in [-0.1, -0.05) is 24.3 Å². The number of amides is 1. The Kier molecular flexibility index (Phi) is 5.26. The largest absolute Gasteiger partial charge is 0.322 e. The Hall–Kier alpha value is -3.54. The number of hydrogen-bond acceptors (Lipinski definition) is 3. The van der Waals surface area contributed by atoms with Gasteiger partial charge in [-0.3, -0.25) is 14.4 Å².